The number of nitrogens with two attached hydrogens (primary N) is 1. The zero-order valence-corrected chi connectivity index (χ0v) is 14.9. The van der Waals surface area contributed by atoms with Crippen molar-refractivity contribution >= 4 is 27.1 Å². The van der Waals surface area contributed by atoms with Crippen LogP contribution in [-0.2, 0) is 16.4 Å². The van der Waals surface area contributed by atoms with Crippen molar-refractivity contribution < 1.29 is 18.1 Å². The van der Waals surface area contributed by atoms with E-state index in [-0.39, 0.29) is 16.0 Å². The summed E-state index contributed by atoms with van der Waals surface area (Å²) in [6, 6.07) is 0. The lowest BCUT2D eigenvalue weighted by atomic mass is 9.81. The van der Waals surface area contributed by atoms with E-state index >= 15 is 0 Å². The number of hydrogen-bond donors (Lipinski definition) is 2. The summed E-state index contributed by atoms with van der Waals surface area (Å²) in [6.45, 7) is 3.77. The van der Waals surface area contributed by atoms with Crippen molar-refractivity contribution in [1.82, 2.24) is 10.1 Å². The summed E-state index contributed by atoms with van der Waals surface area (Å²) >= 11 is 0.987. The molecule has 1 aliphatic rings. The number of oxime groups is 1. The predicted molar refractivity (Wildman–Crippen MR) is 88.8 cm³/mol. The SMILES string of the molecule is CCCC1C/C(=N\O)c2c(S(N)(=O)=O)sc(-c3nc(C)no3)c2C1. The molecule has 3 N–H and O–H groups in total. The maximum Gasteiger partial charge on any atom is 0.268 e. The van der Waals surface area contributed by atoms with E-state index in [2.05, 4.69) is 22.2 Å². The number of aromatic nitrogens is 2. The molecular formula is C14H18N4O4S2. The molecule has 1 aliphatic carbocycles. The summed E-state index contributed by atoms with van der Waals surface area (Å²) in [4.78, 5) is 4.78. The summed E-state index contributed by atoms with van der Waals surface area (Å²) in [5, 5.41) is 21.9. The van der Waals surface area contributed by atoms with Crippen molar-refractivity contribution in [3.8, 4) is 10.8 Å². The molecule has 1 unspecified atom stereocenters. The van der Waals surface area contributed by atoms with Gasteiger partial charge in [0.2, 0.25) is 10.0 Å². The van der Waals surface area contributed by atoms with Crippen LogP contribution in [-0.4, -0.2) is 29.5 Å². The topological polar surface area (TPSA) is 132 Å². The Bertz CT molecular complexity index is 898. The van der Waals surface area contributed by atoms with Crippen LogP contribution >= 0.6 is 11.3 Å². The van der Waals surface area contributed by atoms with Gasteiger partial charge in [-0.05, 0) is 31.2 Å². The van der Waals surface area contributed by atoms with Crippen LogP contribution in [0.25, 0.3) is 10.8 Å². The van der Waals surface area contributed by atoms with Crippen LogP contribution in [0, 0.1) is 12.8 Å². The molecule has 24 heavy (non-hydrogen) atoms. The highest BCUT2D eigenvalue weighted by Crippen LogP contribution is 2.44. The number of primary sulfonamides is 1. The van der Waals surface area contributed by atoms with Gasteiger partial charge in [0.15, 0.2) is 5.82 Å². The molecule has 3 rings (SSSR count). The molecule has 0 radical (unpaired) electrons. The molecule has 1 atom stereocenters. The Morgan fingerprint density at radius 1 is 1.46 bits per heavy atom. The highest BCUT2D eigenvalue weighted by molar-refractivity contribution is 7.91. The summed E-state index contributed by atoms with van der Waals surface area (Å²) < 4.78 is 29.2. The normalized spacial score (nSPS) is 19.6. The van der Waals surface area contributed by atoms with Gasteiger partial charge in [0.25, 0.3) is 5.89 Å². The molecule has 0 aromatic carbocycles. The van der Waals surface area contributed by atoms with Crippen molar-refractivity contribution in [2.24, 2.45) is 16.2 Å². The van der Waals surface area contributed by atoms with E-state index in [0.29, 0.717) is 34.8 Å². The fourth-order valence-electron chi connectivity index (χ4n) is 3.13. The van der Waals surface area contributed by atoms with Crippen LogP contribution in [0.1, 0.15) is 43.1 Å². The standard InChI is InChI=1S/C14H18N4O4S2/c1-3-4-8-5-9-11(10(6-8)17-19)14(24(15,20)21)23-12(9)13-16-7(2)18-22-13/h8,19H,3-6H2,1-2H3,(H2,15,20,21)/b17-10+. The number of rotatable bonds is 4. The second kappa shape index (κ2) is 6.26. The van der Waals surface area contributed by atoms with Crippen LogP contribution < -0.4 is 5.14 Å². The number of aryl methyl sites for hydroxylation is 1. The van der Waals surface area contributed by atoms with Gasteiger partial charge in [0.1, 0.15) is 4.21 Å². The Labute approximate surface area is 143 Å². The summed E-state index contributed by atoms with van der Waals surface area (Å²) in [5.74, 6) is 0.985. The molecule has 2 heterocycles. The monoisotopic (exact) mass is 370 g/mol. The Kier molecular flexibility index (Phi) is 4.45. The smallest absolute Gasteiger partial charge is 0.268 e. The van der Waals surface area contributed by atoms with Gasteiger partial charge in [0.05, 0.1) is 10.6 Å². The minimum Gasteiger partial charge on any atom is -0.411 e. The van der Waals surface area contributed by atoms with E-state index in [1.807, 2.05) is 0 Å². The first-order chi connectivity index (χ1) is 11.3. The second-order valence-corrected chi connectivity index (χ2v) is 8.65. The second-order valence-electron chi connectivity index (χ2n) is 5.87. The highest BCUT2D eigenvalue weighted by atomic mass is 32.2. The molecule has 2 aromatic heterocycles. The Balaban J connectivity index is 2.24. The van der Waals surface area contributed by atoms with Crippen molar-refractivity contribution in [3.63, 3.8) is 0 Å². The van der Waals surface area contributed by atoms with E-state index in [9.17, 15) is 13.6 Å². The molecule has 0 bridgehead atoms. The lowest BCUT2D eigenvalue weighted by molar-refractivity contribution is 0.314. The summed E-state index contributed by atoms with van der Waals surface area (Å²) in [7, 11) is -3.96. The van der Waals surface area contributed by atoms with Crippen molar-refractivity contribution in [3.05, 3.63) is 17.0 Å². The molecule has 130 valence electrons. The number of nitrogens with zero attached hydrogens (tertiary/aromatic N) is 3. The predicted octanol–water partition coefficient (Wildman–Crippen LogP) is 2.29. The van der Waals surface area contributed by atoms with Gasteiger partial charge in [-0.2, -0.15) is 4.98 Å². The molecule has 10 heteroatoms. The third-order valence-corrected chi connectivity index (χ3v) is 6.72. The summed E-state index contributed by atoms with van der Waals surface area (Å²) in [6.07, 6.45) is 3.10. The van der Waals surface area contributed by atoms with E-state index in [1.54, 1.807) is 6.92 Å². The van der Waals surface area contributed by atoms with Crippen LogP contribution in [0.2, 0.25) is 0 Å². The molecule has 0 fully saturated rings. The molecule has 0 saturated carbocycles. The Morgan fingerprint density at radius 3 is 2.75 bits per heavy atom. The molecule has 0 aliphatic heterocycles. The molecule has 8 nitrogen and oxygen atoms in total. The average Bonchev–Trinajstić information content (AvgIpc) is 3.09. The zero-order valence-electron chi connectivity index (χ0n) is 13.3. The number of fused-ring (bicyclic) bond motifs is 1. The van der Waals surface area contributed by atoms with Gasteiger partial charge < -0.3 is 9.73 Å². The van der Waals surface area contributed by atoms with Gasteiger partial charge in [-0.3, -0.25) is 0 Å². The zero-order chi connectivity index (χ0) is 17.5. The minimum atomic E-state index is -3.96. The van der Waals surface area contributed by atoms with Gasteiger partial charge in [0, 0.05) is 5.56 Å². The number of sulfonamides is 1. The van der Waals surface area contributed by atoms with Crippen LogP contribution in [0.3, 0.4) is 0 Å². The summed E-state index contributed by atoms with van der Waals surface area (Å²) in [5.41, 5.74) is 1.49. The third-order valence-electron chi connectivity index (χ3n) is 4.04. The Morgan fingerprint density at radius 2 is 2.21 bits per heavy atom. The number of hydrogen-bond acceptors (Lipinski definition) is 8. The quantitative estimate of drug-likeness (QED) is 0.627. The van der Waals surface area contributed by atoms with E-state index in [1.165, 1.54) is 0 Å². The van der Waals surface area contributed by atoms with Crippen LogP contribution in [0.4, 0.5) is 0 Å². The average molecular weight is 370 g/mol. The first kappa shape index (κ1) is 17.1. The van der Waals surface area contributed by atoms with Crippen molar-refractivity contribution in [1.29, 1.82) is 0 Å². The Hall–Kier alpha value is -1.78. The minimum absolute atomic E-state index is 0.0221. The molecule has 2 aromatic rings. The van der Waals surface area contributed by atoms with Crippen LogP contribution in [0.5, 0.6) is 0 Å². The molecule has 0 spiro atoms. The largest absolute Gasteiger partial charge is 0.411 e. The number of thiophene rings is 1. The van der Waals surface area contributed by atoms with Crippen molar-refractivity contribution in [2.75, 3.05) is 0 Å². The maximum absolute atomic E-state index is 12.0. The third kappa shape index (κ3) is 2.96. The molecule has 0 saturated heterocycles. The van der Waals surface area contributed by atoms with Gasteiger partial charge >= 0.3 is 0 Å². The first-order valence-electron chi connectivity index (χ1n) is 7.55. The van der Waals surface area contributed by atoms with Gasteiger partial charge in [-0.15, -0.1) is 11.3 Å². The fourth-order valence-corrected chi connectivity index (χ4v) is 5.38. The van der Waals surface area contributed by atoms with Crippen LogP contribution in [0.15, 0.2) is 13.9 Å². The van der Waals surface area contributed by atoms with Gasteiger partial charge in [-0.1, -0.05) is 30.1 Å². The lowest BCUT2D eigenvalue weighted by Crippen LogP contribution is -2.23. The van der Waals surface area contributed by atoms with Gasteiger partial charge in [-0.25, -0.2) is 13.6 Å². The van der Waals surface area contributed by atoms with E-state index in [0.717, 1.165) is 29.7 Å². The first-order valence-corrected chi connectivity index (χ1v) is 9.91. The van der Waals surface area contributed by atoms with Crippen molar-refractivity contribution in [2.45, 2.75) is 43.7 Å². The molecular weight excluding hydrogens is 352 g/mol. The fraction of sp³-hybridized carbons (Fsp3) is 0.500. The molecule has 0 amide bonds. The highest BCUT2D eigenvalue weighted by Gasteiger charge is 2.35. The van der Waals surface area contributed by atoms with E-state index < -0.39 is 10.0 Å². The maximum atomic E-state index is 12.0. The lowest BCUT2D eigenvalue weighted by Gasteiger charge is -2.23. The van der Waals surface area contributed by atoms with E-state index in [4.69, 9.17) is 9.66 Å².